The van der Waals surface area contributed by atoms with Gasteiger partial charge in [-0.05, 0) is 12.1 Å². The summed E-state index contributed by atoms with van der Waals surface area (Å²) < 4.78 is 1.15. The van der Waals surface area contributed by atoms with Gasteiger partial charge in [0.1, 0.15) is 6.20 Å². The van der Waals surface area contributed by atoms with Gasteiger partial charge in [0.25, 0.3) is 5.91 Å². The third-order valence-electron chi connectivity index (χ3n) is 2.54. The highest BCUT2D eigenvalue weighted by atomic mass is 35.5. The van der Waals surface area contributed by atoms with Crippen LogP contribution >= 0.6 is 11.6 Å². The zero-order valence-electron chi connectivity index (χ0n) is 10.4. The minimum atomic E-state index is -0.653. The standard InChI is InChI=1S/C11H10ClN5O3/c1-16-10(9(6-15-16)17(19)20)11(18)14-5-8-4-7(12)2-3-13-8/h2-4,6H,5H2,1H3,(H,14,18). The number of nitrogens with zero attached hydrogens (tertiary/aromatic N) is 4. The number of aromatic nitrogens is 3. The van der Waals surface area contributed by atoms with Crippen LogP contribution in [0.15, 0.2) is 24.5 Å². The van der Waals surface area contributed by atoms with E-state index in [0.29, 0.717) is 10.7 Å². The van der Waals surface area contributed by atoms with E-state index < -0.39 is 10.8 Å². The molecular formula is C11H10ClN5O3. The SMILES string of the molecule is Cn1ncc([N+](=O)[O-])c1C(=O)NCc1cc(Cl)ccn1. The van der Waals surface area contributed by atoms with E-state index in [-0.39, 0.29) is 17.9 Å². The normalized spacial score (nSPS) is 10.3. The summed E-state index contributed by atoms with van der Waals surface area (Å²) in [6.45, 7) is 0.113. The molecule has 1 N–H and O–H groups in total. The molecule has 20 heavy (non-hydrogen) atoms. The Labute approximate surface area is 118 Å². The number of aryl methyl sites for hydroxylation is 1. The molecule has 0 radical (unpaired) electrons. The van der Waals surface area contributed by atoms with E-state index in [1.165, 1.54) is 13.2 Å². The number of nitro groups is 1. The van der Waals surface area contributed by atoms with Crippen LogP contribution in [0.1, 0.15) is 16.2 Å². The summed E-state index contributed by atoms with van der Waals surface area (Å²) in [5.74, 6) is -0.599. The molecule has 9 heteroatoms. The van der Waals surface area contributed by atoms with Gasteiger partial charge in [0, 0.05) is 18.3 Å². The second kappa shape index (κ2) is 5.66. The number of pyridine rings is 1. The van der Waals surface area contributed by atoms with Crippen molar-refractivity contribution < 1.29 is 9.72 Å². The van der Waals surface area contributed by atoms with Crippen LogP contribution in [0.5, 0.6) is 0 Å². The lowest BCUT2D eigenvalue weighted by Gasteiger charge is -2.05. The molecule has 0 saturated carbocycles. The zero-order valence-corrected chi connectivity index (χ0v) is 11.2. The van der Waals surface area contributed by atoms with Crippen molar-refractivity contribution in [3.8, 4) is 0 Å². The van der Waals surface area contributed by atoms with Gasteiger partial charge in [0.05, 0.1) is 17.2 Å². The number of carbonyl (C=O) groups excluding carboxylic acids is 1. The molecule has 2 rings (SSSR count). The Bertz CT molecular complexity index is 670. The molecule has 0 spiro atoms. The molecule has 2 aromatic heterocycles. The van der Waals surface area contributed by atoms with Crippen molar-refractivity contribution in [1.82, 2.24) is 20.1 Å². The molecule has 2 aromatic rings. The fraction of sp³-hybridized carbons (Fsp3) is 0.182. The highest BCUT2D eigenvalue weighted by Gasteiger charge is 2.25. The molecule has 0 unspecified atom stereocenters. The summed E-state index contributed by atoms with van der Waals surface area (Å²) in [6, 6.07) is 3.21. The lowest BCUT2D eigenvalue weighted by atomic mass is 10.3. The Morgan fingerprint density at radius 1 is 1.60 bits per heavy atom. The Hall–Kier alpha value is -2.48. The molecular weight excluding hydrogens is 286 g/mol. The Morgan fingerprint density at radius 3 is 3.00 bits per heavy atom. The van der Waals surface area contributed by atoms with Gasteiger partial charge in [-0.15, -0.1) is 0 Å². The highest BCUT2D eigenvalue weighted by Crippen LogP contribution is 2.16. The molecule has 0 bridgehead atoms. The summed E-state index contributed by atoms with van der Waals surface area (Å²) in [4.78, 5) is 26.1. The van der Waals surface area contributed by atoms with E-state index in [1.807, 2.05) is 0 Å². The lowest BCUT2D eigenvalue weighted by Crippen LogP contribution is -2.26. The minimum Gasteiger partial charge on any atom is -0.345 e. The number of hydrogen-bond donors (Lipinski definition) is 1. The third kappa shape index (κ3) is 2.91. The Kier molecular flexibility index (Phi) is 3.94. The van der Waals surface area contributed by atoms with Crippen molar-refractivity contribution in [3.05, 3.63) is 51.1 Å². The number of amides is 1. The van der Waals surface area contributed by atoms with Crippen molar-refractivity contribution in [2.24, 2.45) is 7.05 Å². The summed E-state index contributed by atoms with van der Waals surface area (Å²) in [7, 11) is 1.46. The molecule has 0 aromatic carbocycles. The van der Waals surface area contributed by atoms with Crippen LogP contribution in [0.25, 0.3) is 0 Å². The average molecular weight is 296 g/mol. The van der Waals surface area contributed by atoms with E-state index in [0.717, 1.165) is 10.9 Å². The molecule has 0 aliphatic carbocycles. The number of rotatable bonds is 4. The second-order valence-corrected chi connectivity index (χ2v) is 4.34. The van der Waals surface area contributed by atoms with Crippen molar-refractivity contribution in [3.63, 3.8) is 0 Å². The average Bonchev–Trinajstić information content (AvgIpc) is 2.78. The van der Waals surface area contributed by atoms with Gasteiger partial charge in [-0.25, -0.2) is 0 Å². The summed E-state index contributed by atoms with van der Waals surface area (Å²) in [5, 5.41) is 17.5. The first kappa shape index (κ1) is 13.9. The monoisotopic (exact) mass is 295 g/mol. The zero-order chi connectivity index (χ0) is 14.7. The maximum absolute atomic E-state index is 12.0. The van der Waals surface area contributed by atoms with Crippen LogP contribution in [0, 0.1) is 10.1 Å². The first-order chi connectivity index (χ1) is 9.49. The van der Waals surface area contributed by atoms with Gasteiger partial charge in [0.2, 0.25) is 5.69 Å². The van der Waals surface area contributed by atoms with E-state index in [1.54, 1.807) is 12.1 Å². The van der Waals surface area contributed by atoms with E-state index in [9.17, 15) is 14.9 Å². The van der Waals surface area contributed by atoms with E-state index >= 15 is 0 Å². The van der Waals surface area contributed by atoms with Crippen molar-refractivity contribution in [1.29, 1.82) is 0 Å². The maximum Gasteiger partial charge on any atom is 0.320 e. The predicted octanol–water partition coefficient (Wildman–Crippen LogP) is 1.31. The van der Waals surface area contributed by atoms with Gasteiger partial charge < -0.3 is 5.32 Å². The van der Waals surface area contributed by atoms with Gasteiger partial charge in [-0.2, -0.15) is 5.10 Å². The Morgan fingerprint density at radius 2 is 2.35 bits per heavy atom. The molecule has 104 valence electrons. The Balaban J connectivity index is 2.13. The largest absolute Gasteiger partial charge is 0.345 e. The number of carbonyl (C=O) groups is 1. The van der Waals surface area contributed by atoms with E-state index in [2.05, 4.69) is 15.4 Å². The maximum atomic E-state index is 12.0. The summed E-state index contributed by atoms with van der Waals surface area (Å²) in [6.07, 6.45) is 2.54. The fourth-order valence-corrected chi connectivity index (χ4v) is 1.81. The molecule has 0 aliphatic heterocycles. The highest BCUT2D eigenvalue weighted by molar-refractivity contribution is 6.30. The first-order valence-corrected chi connectivity index (χ1v) is 5.92. The molecule has 0 fully saturated rings. The number of nitrogens with one attached hydrogen (secondary N) is 1. The van der Waals surface area contributed by atoms with Crippen molar-refractivity contribution in [2.45, 2.75) is 6.54 Å². The van der Waals surface area contributed by atoms with Crippen LogP contribution in [0.3, 0.4) is 0 Å². The molecule has 2 heterocycles. The quantitative estimate of drug-likeness (QED) is 0.676. The molecule has 0 saturated heterocycles. The topological polar surface area (TPSA) is 103 Å². The molecule has 1 amide bonds. The van der Waals surface area contributed by atoms with Gasteiger partial charge in [0.15, 0.2) is 0 Å². The van der Waals surface area contributed by atoms with Crippen molar-refractivity contribution in [2.75, 3.05) is 0 Å². The van der Waals surface area contributed by atoms with Crippen LogP contribution in [-0.2, 0) is 13.6 Å². The van der Waals surface area contributed by atoms with Crippen LogP contribution in [-0.4, -0.2) is 25.6 Å². The fourth-order valence-electron chi connectivity index (χ4n) is 1.62. The second-order valence-electron chi connectivity index (χ2n) is 3.91. The van der Waals surface area contributed by atoms with Crippen LogP contribution < -0.4 is 5.32 Å². The smallest absolute Gasteiger partial charge is 0.320 e. The van der Waals surface area contributed by atoms with E-state index in [4.69, 9.17) is 11.6 Å². The van der Waals surface area contributed by atoms with Gasteiger partial charge >= 0.3 is 5.69 Å². The molecule has 0 atom stereocenters. The van der Waals surface area contributed by atoms with Gasteiger partial charge in [-0.3, -0.25) is 24.6 Å². The molecule has 8 nitrogen and oxygen atoms in total. The number of halogens is 1. The predicted molar refractivity (Wildman–Crippen MR) is 70.3 cm³/mol. The lowest BCUT2D eigenvalue weighted by molar-refractivity contribution is -0.385. The van der Waals surface area contributed by atoms with Gasteiger partial charge in [-0.1, -0.05) is 11.6 Å². The number of hydrogen-bond acceptors (Lipinski definition) is 5. The minimum absolute atomic E-state index is 0.113. The summed E-state index contributed by atoms with van der Waals surface area (Å²) in [5.41, 5.74) is 0.0942. The first-order valence-electron chi connectivity index (χ1n) is 5.54. The summed E-state index contributed by atoms with van der Waals surface area (Å²) >= 11 is 5.80. The van der Waals surface area contributed by atoms with Crippen LogP contribution in [0.4, 0.5) is 5.69 Å². The molecule has 0 aliphatic rings. The van der Waals surface area contributed by atoms with Crippen molar-refractivity contribution >= 4 is 23.2 Å². The van der Waals surface area contributed by atoms with Crippen LogP contribution in [0.2, 0.25) is 5.02 Å². The third-order valence-corrected chi connectivity index (χ3v) is 2.77.